The van der Waals surface area contributed by atoms with Crippen molar-refractivity contribution in [2.24, 2.45) is 10.2 Å². The Morgan fingerprint density at radius 1 is 0.964 bits per heavy atom. The molecule has 0 aliphatic carbocycles. The Hall–Kier alpha value is -3.36. The van der Waals surface area contributed by atoms with Crippen molar-refractivity contribution in [3.63, 3.8) is 0 Å². The lowest BCUT2D eigenvalue weighted by molar-refractivity contribution is -0.383. The smallest absolute Gasteiger partial charge is 0.277 e. The fraction of sp³-hybridized carbons (Fsp3) is 0.200. The zero-order valence-electron chi connectivity index (χ0n) is 16.1. The van der Waals surface area contributed by atoms with E-state index in [1.54, 1.807) is 42.5 Å². The molecule has 0 aromatic heterocycles. The summed E-state index contributed by atoms with van der Waals surface area (Å²) >= 11 is 0. The lowest BCUT2D eigenvalue weighted by atomic mass is 10.1. The van der Waals surface area contributed by atoms with E-state index in [0.29, 0.717) is 35.2 Å². The van der Waals surface area contributed by atoms with Crippen LogP contribution in [0.5, 0.6) is 0 Å². The summed E-state index contributed by atoms with van der Waals surface area (Å²) in [6.45, 7) is 1.14. The van der Waals surface area contributed by atoms with Gasteiger partial charge in [-0.15, -0.1) is 5.11 Å². The van der Waals surface area contributed by atoms with Crippen LogP contribution in [0, 0.1) is 10.1 Å². The number of benzene rings is 3. The van der Waals surface area contributed by atoms with Crippen molar-refractivity contribution < 1.29 is 15.1 Å². The molecule has 144 valence electrons. The number of aliphatic hydroxyl groups excluding tert-OH is 2. The Balaban J connectivity index is 1.83. The number of rotatable bonds is 9. The number of non-ortho nitro benzene ring substituents is 1. The summed E-state index contributed by atoms with van der Waals surface area (Å²) in [5.74, 6) is 0. The van der Waals surface area contributed by atoms with E-state index in [0.717, 1.165) is 5.69 Å². The topological polar surface area (TPSA) is 112 Å². The zero-order valence-corrected chi connectivity index (χ0v) is 15.1. The van der Waals surface area contributed by atoms with Gasteiger partial charge in [0, 0.05) is 30.2 Å². The van der Waals surface area contributed by atoms with E-state index >= 15 is 0 Å². The molecule has 28 heavy (non-hydrogen) atoms. The van der Waals surface area contributed by atoms with Crippen molar-refractivity contribution in [3.05, 3.63) is 70.8 Å². The minimum absolute atomic E-state index is 0.00726. The van der Waals surface area contributed by atoms with E-state index in [1.165, 1.54) is 6.07 Å². The molecular formula is C20H20N4O4. The molecule has 0 saturated heterocycles. The number of anilines is 1. The molecule has 0 fully saturated rings. The van der Waals surface area contributed by atoms with Crippen LogP contribution in [-0.2, 0) is 0 Å². The average Bonchev–Trinajstić information content (AvgIpc) is 2.75. The summed E-state index contributed by atoms with van der Waals surface area (Å²) in [7, 11) is 0. The summed E-state index contributed by atoms with van der Waals surface area (Å²) in [5, 5.41) is 34.5. The highest BCUT2D eigenvalue weighted by molar-refractivity contribution is 5.98. The fourth-order valence-corrected chi connectivity index (χ4v) is 2.96. The molecule has 8 heteroatoms. The number of nitro groups is 1. The van der Waals surface area contributed by atoms with Gasteiger partial charge in [0.25, 0.3) is 5.69 Å². The van der Waals surface area contributed by atoms with Crippen molar-refractivity contribution in [3.8, 4) is 0 Å². The van der Waals surface area contributed by atoms with Gasteiger partial charge in [-0.1, -0.05) is 18.2 Å². The number of aliphatic hydroxyl groups is 2. The second-order valence-corrected chi connectivity index (χ2v) is 6.04. The molecule has 0 saturated carbocycles. The average molecular weight is 381 g/mol. The molecule has 0 atom stereocenters. The molecule has 0 radical (unpaired) electrons. The van der Waals surface area contributed by atoms with E-state index < -0.39 is 4.92 Å². The third-order valence-corrected chi connectivity index (χ3v) is 4.29. The highest BCUT2D eigenvalue weighted by atomic mass is 16.6. The van der Waals surface area contributed by atoms with Gasteiger partial charge in [-0.25, -0.2) is 0 Å². The van der Waals surface area contributed by atoms with Gasteiger partial charge in [-0.3, -0.25) is 10.1 Å². The van der Waals surface area contributed by atoms with Crippen LogP contribution in [0.4, 0.5) is 22.7 Å². The number of azo groups is 1. The second kappa shape index (κ2) is 9.03. The Morgan fingerprint density at radius 2 is 1.68 bits per heavy atom. The second-order valence-electron chi connectivity index (χ2n) is 6.04. The number of nitro benzene ring substituents is 1. The normalized spacial score (nSPS) is 11.7. The summed E-state index contributed by atoms with van der Waals surface area (Å²) in [5.41, 5.74) is 2.07. The van der Waals surface area contributed by atoms with Gasteiger partial charge in [0.2, 0.25) is 1.43 Å². The molecular weight excluding hydrogens is 360 g/mol. The first-order valence-electron chi connectivity index (χ1n) is 9.16. The first-order valence-corrected chi connectivity index (χ1v) is 8.76. The van der Waals surface area contributed by atoms with Crippen molar-refractivity contribution in [1.29, 1.82) is 1.43 Å². The molecule has 8 nitrogen and oxygen atoms in total. The Bertz CT molecular complexity index is 1010. The van der Waals surface area contributed by atoms with Crippen molar-refractivity contribution in [2.75, 3.05) is 31.2 Å². The Kier molecular flexibility index (Phi) is 5.81. The SMILES string of the molecule is [2H]OCCN(CCO)c1ccc(N=Nc2ccc([N+](=O)[O-])c3ccccc23)cc1. The van der Waals surface area contributed by atoms with E-state index in [1.807, 2.05) is 17.0 Å². The highest BCUT2D eigenvalue weighted by Crippen LogP contribution is 2.34. The summed E-state index contributed by atoms with van der Waals surface area (Å²) < 4.78 is 6.80. The van der Waals surface area contributed by atoms with E-state index in [4.69, 9.17) is 1.43 Å². The third-order valence-electron chi connectivity index (χ3n) is 4.29. The summed E-state index contributed by atoms with van der Waals surface area (Å²) in [6, 6.07) is 17.3. The van der Waals surface area contributed by atoms with Crippen LogP contribution in [0.3, 0.4) is 0 Å². The standard InChI is InChI=1S/C20H20N4O4/c25-13-11-23(12-14-26)16-7-5-15(6-8-16)21-22-19-9-10-20(24(27)28)18-4-2-1-3-17(18)19/h1-10,25-26H,11-14H2/i25D. The molecule has 0 aliphatic heterocycles. The van der Waals surface area contributed by atoms with Crippen LogP contribution in [-0.4, -0.2) is 42.9 Å². The van der Waals surface area contributed by atoms with Crippen LogP contribution in [0.2, 0.25) is 0 Å². The van der Waals surface area contributed by atoms with Gasteiger partial charge in [0.15, 0.2) is 0 Å². The van der Waals surface area contributed by atoms with Crippen molar-refractivity contribution in [1.82, 2.24) is 0 Å². The molecule has 3 rings (SSSR count). The lowest BCUT2D eigenvalue weighted by Crippen LogP contribution is -2.29. The maximum Gasteiger partial charge on any atom is 0.277 e. The first kappa shape index (κ1) is 18.0. The van der Waals surface area contributed by atoms with Crippen molar-refractivity contribution >= 4 is 33.5 Å². The zero-order chi connectivity index (χ0) is 20.6. The lowest BCUT2D eigenvalue weighted by Gasteiger charge is -2.22. The molecule has 0 unspecified atom stereocenters. The highest BCUT2D eigenvalue weighted by Gasteiger charge is 2.13. The molecule has 0 aliphatic rings. The van der Waals surface area contributed by atoms with Crippen LogP contribution >= 0.6 is 0 Å². The van der Waals surface area contributed by atoms with E-state index in [9.17, 15) is 15.2 Å². The monoisotopic (exact) mass is 381 g/mol. The molecule has 2 N–H and O–H groups in total. The molecule has 0 spiro atoms. The largest absolute Gasteiger partial charge is 0.395 e. The predicted octanol–water partition coefficient (Wildman–Crippen LogP) is 3.95. The van der Waals surface area contributed by atoms with Gasteiger partial charge in [0.1, 0.15) is 0 Å². The van der Waals surface area contributed by atoms with Gasteiger partial charge >= 0.3 is 0 Å². The number of nitrogens with zero attached hydrogens (tertiary/aromatic N) is 4. The minimum atomic E-state index is -0.411. The molecule has 0 heterocycles. The molecule has 0 bridgehead atoms. The maximum atomic E-state index is 11.2. The Labute approximate surface area is 163 Å². The van der Waals surface area contributed by atoms with Crippen LogP contribution < -0.4 is 4.90 Å². The number of hydrogen-bond donors (Lipinski definition) is 2. The third kappa shape index (κ3) is 4.30. The quantitative estimate of drug-likeness (QED) is 0.331. The van der Waals surface area contributed by atoms with Crippen LogP contribution in [0.1, 0.15) is 0 Å². The number of fused-ring (bicyclic) bond motifs is 1. The Morgan fingerprint density at radius 3 is 2.36 bits per heavy atom. The van der Waals surface area contributed by atoms with E-state index in [2.05, 4.69) is 15.3 Å². The predicted molar refractivity (Wildman–Crippen MR) is 108 cm³/mol. The molecule has 0 amide bonds. The summed E-state index contributed by atoms with van der Waals surface area (Å²) in [4.78, 5) is 12.7. The van der Waals surface area contributed by atoms with Crippen LogP contribution in [0.15, 0.2) is 70.9 Å². The molecule has 3 aromatic carbocycles. The van der Waals surface area contributed by atoms with E-state index in [-0.39, 0.29) is 18.9 Å². The van der Waals surface area contributed by atoms with Gasteiger partial charge in [-0.2, -0.15) is 5.11 Å². The van der Waals surface area contributed by atoms with Gasteiger partial charge in [0.05, 0.1) is 34.9 Å². The fourth-order valence-electron chi connectivity index (χ4n) is 2.96. The first-order chi connectivity index (χ1) is 14.1. The van der Waals surface area contributed by atoms with Crippen molar-refractivity contribution in [2.45, 2.75) is 0 Å². The number of hydrogen-bond acceptors (Lipinski definition) is 7. The summed E-state index contributed by atoms with van der Waals surface area (Å²) in [6.07, 6.45) is 0. The maximum absolute atomic E-state index is 11.2. The van der Waals surface area contributed by atoms with Gasteiger partial charge < -0.3 is 15.1 Å². The van der Waals surface area contributed by atoms with Crippen LogP contribution in [0.25, 0.3) is 10.8 Å². The molecule has 3 aromatic rings. The minimum Gasteiger partial charge on any atom is -0.395 e. The van der Waals surface area contributed by atoms with Gasteiger partial charge in [-0.05, 0) is 36.4 Å².